The molecule has 0 atom stereocenters. The predicted molar refractivity (Wildman–Crippen MR) is 87.5 cm³/mol. The van der Waals surface area contributed by atoms with Gasteiger partial charge in [-0.2, -0.15) is 0 Å². The van der Waals surface area contributed by atoms with Crippen molar-refractivity contribution in [2.45, 2.75) is 0 Å². The van der Waals surface area contributed by atoms with E-state index in [2.05, 4.69) is 52.4 Å². The Morgan fingerprint density at radius 2 is 1.48 bits per heavy atom. The lowest BCUT2D eigenvalue weighted by Gasteiger charge is -2.10. The molecule has 2 nitrogen and oxygen atoms in total. The number of rotatable bonds is 1. The van der Waals surface area contributed by atoms with Gasteiger partial charge in [-0.1, -0.05) is 48.5 Å². The van der Waals surface area contributed by atoms with Gasteiger partial charge in [-0.25, -0.2) is 9.97 Å². The molecule has 3 aromatic carbocycles. The number of benzene rings is 3. The van der Waals surface area contributed by atoms with Crippen LogP contribution in [0.4, 0.5) is 0 Å². The summed E-state index contributed by atoms with van der Waals surface area (Å²) >= 11 is 5.94. The van der Waals surface area contributed by atoms with Crippen LogP contribution in [0.1, 0.15) is 0 Å². The zero-order valence-electron chi connectivity index (χ0n) is 11.1. The summed E-state index contributed by atoms with van der Waals surface area (Å²) in [4.78, 5) is 8.32. The van der Waals surface area contributed by atoms with Gasteiger partial charge in [0.1, 0.15) is 0 Å². The highest BCUT2D eigenvalue weighted by molar-refractivity contribution is 6.28. The SMILES string of the molecule is Clc1nccc(-c2cc3ccccc3c3ccccc23)n1. The maximum Gasteiger partial charge on any atom is 0.222 e. The summed E-state index contributed by atoms with van der Waals surface area (Å²) in [6.07, 6.45) is 1.69. The Hall–Kier alpha value is -2.45. The van der Waals surface area contributed by atoms with Gasteiger partial charge in [0.15, 0.2) is 0 Å². The Labute approximate surface area is 127 Å². The van der Waals surface area contributed by atoms with Crippen molar-refractivity contribution >= 4 is 33.1 Å². The standard InChI is InChI=1S/C18H11ClN2/c19-18-20-10-9-17(21-18)16-11-12-5-1-2-6-13(12)14-7-3-4-8-15(14)16/h1-11H. The minimum absolute atomic E-state index is 0.268. The second kappa shape index (κ2) is 4.83. The molecule has 1 heterocycles. The van der Waals surface area contributed by atoms with E-state index < -0.39 is 0 Å². The van der Waals surface area contributed by atoms with E-state index in [1.807, 2.05) is 18.2 Å². The molecule has 0 N–H and O–H groups in total. The van der Waals surface area contributed by atoms with Crippen LogP contribution in [0.15, 0.2) is 66.9 Å². The predicted octanol–water partition coefficient (Wildman–Crippen LogP) is 5.10. The third-order valence-corrected chi connectivity index (χ3v) is 3.85. The monoisotopic (exact) mass is 290 g/mol. The van der Waals surface area contributed by atoms with Crippen molar-refractivity contribution in [3.05, 3.63) is 72.1 Å². The van der Waals surface area contributed by atoms with Gasteiger partial charge in [-0.05, 0) is 45.3 Å². The van der Waals surface area contributed by atoms with E-state index >= 15 is 0 Å². The number of halogens is 1. The van der Waals surface area contributed by atoms with E-state index in [-0.39, 0.29) is 5.28 Å². The van der Waals surface area contributed by atoms with E-state index in [0.29, 0.717) is 0 Å². The topological polar surface area (TPSA) is 25.8 Å². The smallest absolute Gasteiger partial charge is 0.222 e. The van der Waals surface area contributed by atoms with Crippen molar-refractivity contribution in [1.82, 2.24) is 9.97 Å². The van der Waals surface area contributed by atoms with Crippen LogP contribution in [0.5, 0.6) is 0 Å². The molecule has 3 heteroatoms. The number of fused-ring (bicyclic) bond motifs is 3. The third-order valence-electron chi connectivity index (χ3n) is 3.67. The summed E-state index contributed by atoms with van der Waals surface area (Å²) in [6.45, 7) is 0. The molecule has 0 aliphatic carbocycles. The molecule has 0 aliphatic heterocycles. The molecule has 4 rings (SSSR count). The van der Waals surface area contributed by atoms with Crippen LogP contribution in [-0.2, 0) is 0 Å². The van der Waals surface area contributed by atoms with Crippen molar-refractivity contribution in [3.8, 4) is 11.3 Å². The maximum absolute atomic E-state index is 5.94. The maximum atomic E-state index is 5.94. The number of nitrogens with zero attached hydrogens (tertiary/aromatic N) is 2. The van der Waals surface area contributed by atoms with E-state index in [4.69, 9.17) is 11.6 Å². The molecule has 0 saturated heterocycles. The highest BCUT2D eigenvalue weighted by Crippen LogP contribution is 2.33. The Morgan fingerprint density at radius 3 is 2.29 bits per heavy atom. The first-order chi connectivity index (χ1) is 10.3. The lowest BCUT2D eigenvalue weighted by atomic mass is 9.96. The van der Waals surface area contributed by atoms with Crippen molar-refractivity contribution < 1.29 is 0 Å². The molecule has 0 spiro atoms. The van der Waals surface area contributed by atoms with Crippen LogP contribution in [0.25, 0.3) is 32.8 Å². The van der Waals surface area contributed by atoms with Crippen LogP contribution >= 0.6 is 11.6 Å². The highest BCUT2D eigenvalue weighted by Gasteiger charge is 2.09. The fourth-order valence-corrected chi connectivity index (χ4v) is 2.90. The van der Waals surface area contributed by atoms with Crippen LogP contribution < -0.4 is 0 Å². The van der Waals surface area contributed by atoms with Crippen molar-refractivity contribution in [1.29, 1.82) is 0 Å². The molecule has 0 bridgehead atoms. The van der Waals surface area contributed by atoms with E-state index in [1.54, 1.807) is 6.20 Å². The first-order valence-corrected chi connectivity index (χ1v) is 7.10. The molecule has 1 aromatic heterocycles. The largest absolute Gasteiger partial charge is 0.226 e. The molecule has 0 amide bonds. The van der Waals surface area contributed by atoms with Crippen molar-refractivity contribution in [2.75, 3.05) is 0 Å². The minimum Gasteiger partial charge on any atom is -0.226 e. The minimum atomic E-state index is 0.268. The van der Waals surface area contributed by atoms with Crippen LogP contribution in [0, 0.1) is 0 Å². The second-order valence-corrected chi connectivity index (χ2v) is 5.24. The first-order valence-electron chi connectivity index (χ1n) is 6.72. The molecular formula is C18H11ClN2. The summed E-state index contributed by atoms with van der Waals surface area (Å²) in [6, 6.07) is 20.8. The van der Waals surface area contributed by atoms with E-state index in [9.17, 15) is 0 Å². The molecular weight excluding hydrogens is 280 g/mol. The van der Waals surface area contributed by atoms with Crippen molar-refractivity contribution in [2.24, 2.45) is 0 Å². The lowest BCUT2D eigenvalue weighted by molar-refractivity contribution is 1.17. The summed E-state index contributed by atoms with van der Waals surface area (Å²) < 4.78 is 0. The quantitative estimate of drug-likeness (QED) is 0.360. The normalized spacial score (nSPS) is 11.1. The van der Waals surface area contributed by atoms with Crippen LogP contribution in [0.3, 0.4) is 0 Å². The Morgan fingerprint density at radius 1 is 0.762 bits per heavy atom. The lowest BCUT2D eigenvalue weighted by Crippen LogP contribution is -1.89. The van der Waals surface area contributed by atoms with Gasteiger partial charge in [0.05, 0.1) is 5.69 Å². The first kappa shape index (κ1) is 12.3. The molecule has 0 aliphatic rings. The van der Waals surface area contributed by atoms with Gasteiger partial charge in [0, 0.05) is 11.8 Å². The van der Waals surface area contributed by atoms with Gasteiger partial charge in [0.25, 0.3) is 0 Å². The average Bonchev–Trinajstić information content (AvgIpc) is 2.54. The molecule has 0 saturated carbocycles. The van der Waals surface area contributed by atoms with E-state index in [0.717, 1.165) is 11.3 Å². The van der Waals surface area contributed by atoms with Gasteiger partial charge in [-0.3, -0.25) is 0 Å². The fraction of sp³-hybridized carbons (Fsp3) is 0. The fourth-order valence-electron chi connectivity index (χ4n) is 2.75. The Balaban J connectivity index is 2.16. The molecule has 21 heavy (non-hydrogen) atoms. The molecule has 0 unspecified atom stereocenters. The number of hydrogen-bond acceptors (Lipinski definition) is 2. The Kier molecular flexibility index (Phi) is 2.83. The number of aromatic nitrogens is 2. The summed E-state index contributed by atoms with van der Waals surface area (Å²) in [5.41, 5.74) is 1.92. The van der Waals surface area contributed by atoms with Gasteiger partial charge < -0.3 is 0 Å². The second-order valence-electron chi connectivity index (χ2n) is 4.90. The molecule has 0 fully saturated rings. The zero-order valence-corrected chi connectivity index (χ0v) is 11.9. The van der Waals surface area contributed by atoms with E-state index in [1.165, 1.54) is 21.5 Å². The zero-order chi connectivity index (χ0) is 14.2. The van der Waals surface area contributed by atoms with Gasteiger partial charge >= 0.3 is 0 Å². The average molecular weight is 291 g/mol. The summed E-state index contributed by atoms with van der Waals surface area (Å²) in [5, 5.41) is 5.11. The molecule has 100 valence electrons. The molecule has 0 radical (unpaired) electrons. The molecule has 4 aromatic rings. The van der Waals surface area contributed by atoms with Gasteiger partial charge in [0.2, 0.25) is 5.28 Å². The van der Waals surface area contributed by atoms with Gasteiger partial charge in [-0.15, -0.1) is 0 Å². The van der Waals surface area contributed by atoms with Crippen LogP contribution in [0.2, 0.25) is 5.28 Å². The third kappa shape index (κ3) is 2.05. The van der Waals surface area contributed by atoms with Crippen molar-refractivity contribution in [3.63, 3.8) is 0 Å². The van der Waals surface area contributed by atoms with Crippen LogP contribution in [-0.4, -0.2) is 9.97 Å². The summed E-state index contributed by atoms with van der Waals surface area (Å²) in [5.74, 6) is 0. The highest BCUT2D eigenvalue weighted by atomic mass is 35.5. The Bertz CT molecular complexity index is 963. The summed E-state index contributed by atoms with van der Waals surface area (Å²) in [7, 11) is 0. The number of hydrogen-bond donors (Lipinski definition) is 0.